The number of hydrogen-bond acceptors (Lipinski definition) is 1. The number of aromatic nitrogens is 1. The smallest absolute Gasteiger partial charge is 0.229 e. The average molecular weight is 411 g/mol. The van der Waals surface area contributed by atoms with E-state index in [9.17, 15) is 4.79 Å². The van der Waals surface area contributed by atoms with Gasteiger partial charge in [0.25, 0.3) is 0 Å². The minimum Gasteiger partial charge on any atom is -0.369 e. The monoisotopic (exact) mass is 410 g/mol. The van der Waals surface area contributed by atoms with E-state index in [1.807, 2.05) is 48.5 Å². The van der Waals surface area contributed by atoms with E-state index in [4.69, 9.17) is 17.3 Å². The maximum absolute atomic E-state index is 12.7. The Morgan fingerprint density at radius 3 is 2.30 bits per heavy atom. The van der Waals surface area contributed by atoms with E-state index in [0.29, 0.717) is 5.02 Å². The van der Waals surface area contributed by atoms with Gasteiger partial charge in [0.2, 0.25) is 5.91 Å². The molecule has 1 aromatic heterocycles. The first kappa shape index (κ1) is 18.5. The predicted octanol–water partition coefficient (Wildman–Crippen LogP) is 6.26. The Kier molecular flexibility index (Phi) is 4.53. The van der Waals surface area contributed by atoms with Crippen molar-refractivity contribution in [1.29, 1.82) is 0 Å². The predicted molar refractivity (Wildman–Crippen MR) is 124 cm³/mol. The molecule has 1 amide bonds. The van der Waals surface area contributed by atoms with E-state index in [-0.39, 0.29) is 0 Å². The Morgan fingerprint density at radius 2 is 1.53 bits per heavy atom. The van der Waals surface area contributed by atoms with Gasteiger partial charge in [0.1, 0.15) is 0 Å². The number of primary amides is 1. The van der Waals surface area contributed by atoms with Gasteiger partial charge < -0.3 is 10.7 Å². The number of H-pyrrole nitrogens is 1. The molecule has 0 spiro atoms. The summed E-state index contributed by atoms with van der Waals surface area (Å²) in [6.45, 7) is 0. The van der Waals surface area contributed by atoms with Crippen molar-refractivity contribution in [2.75, 3.05) is 0 Å². The van der Waals surface area contributed by atoms with E-state index in [2.05, 4.69) is 35.3 Å². The number of para-hydroxylation sites is 1. The molecule has 4 heteroatoms. The number of nitrogens with two attached hydrogens (primary N) is 1. The van der Waals surface area contributed by atoms with Crippen LogP contribution in [0.3, 0.4) is 0 Å². The zero-order chi connectivity index (χ0) is 20.7. The lowest BCUT2D eigenvalue weighted by molar-refractivity contribution is -0.118. The highest BCUT2D eigenvalue weighted by Gasteiger charge is 2.27. The van der Waals surface area contributed by atoms with Crippen molar-refractivity contribution in [3.05, 3.63) is 107 Å². The molecule has 0 aliphatic heterocycles. The third-order valence-corrected chi connectivity index (χ3v) is 5.81. The van der Waals surface area contributed by atoms with Crippen molar-refractivity contribution in [2.24, 2.45) is 5.73 Å². The lowest BCUT2D eigenvalue weighted by Gasteiger charge is -2.17. The minimum absolute atomic E-state index is 0.399. The Balaban J connectivity index is 1.79. The highest BCUT2D eigenvalue weighted by molar-refractivity contribution is 6.30. The van der Waals surface area contributed by atoms with Gasteiger partial charge in [-0.1, -0.05) is 78.3 Å². The average Bonchev–Trinajstić information content (AvgIpc) is 3.14. The first-order valence-corrected chi connectivity index (χ1v) is 10.1. The van der Waals surface area contributed by atoms with Crippen molar-refractivity contribution in [3.63, 3.8) is 0 Å². The molecular weight excluding hydrogens is 392 g/mol. The van der Waals surface area contributed by atoms with Crippen LogP contribution in [0.2, 0.25) is 5.02 Å². The maximum Gasteiger partial charge on any atom is 0.229 e. The van der Waals surface area contributed by atoms with Crippen molar-refractivity contribution >= 4 is 39.2 Å². The Bertz CT molecular complexity index is 1390. The summed E-state index contributed by atoms with van der Waals surface area (Å²) in [5.74, 6) is -0.996. The summed E-state index contributed by atoms with van der Waals surface area (Å²) in [4.78, 5) is 16.2. The van der Waals surface area contributed by atoms with Crippen LogP contribution in [0.5, 0.6) is 0 Å². The summed E-state index contributed by atoms with van der Waals surface area (Å²) in [5.41, 5.74) is 10.5. The molecule has 0 saturated heterocycles. The summed E-state index contributed by atoms with van der Waals surface area (Å²) >= 11 is 6.08. The Labute approximate surface area is 179 Å². The second-order valence-electron chi connectivity index (χ2n) is 7.41. The van der Waals surface area contributed by atoms with Crippen LogP contribution in [0.4, 0.5) is 0 Å². The van der Waals surface area contributed by atoms with E-state index in [0.717, 1.165) is 38.7 Å². The SMILES string of the molecule is NC(=O)C(c1ccc(Cl)cc1)c1c(-c2ccc3ccccc3c2)[nH]c2ccccc12. The highest BCUT2D eigenvalue weighted by atomic mass is 35.5. The van der Waals surface area contributed by atoms with Crippen LogP contribution in [0.25, 0.3) is 32.9 Å². The number of rotatable bonds is 4. The van der Waals surface area contributed by atoms with Crippen molar-refractivity contribution in [3.8, 4) is 11.3 Å². The molecule has 0 fully saturated rings. The standard InChI is InChI=1S/C26H19ClN2O/c27-20-13-11-17(12-14-20)23(26(28)30)24-21-7-3-4-8-22(21)29-25(24)19-10-9-16-5-1-2-6-18(16)15-19/h1-15,23,29H,(H2,28,30). The fourth-order valence-corrected chi connectivity index (χ4v) is 4.29. The molecule has 1 unspecified atom stereocenters. The maximum atomic E-state index is 12.7. The third-order valence-electron chi connectivity index (χ3n) is 5.56. The topological polar surface area (TPSA) is 58.9 Å². The molecule has 0 aliphatic rings. The van der Waals surface area contributed by atoms with Gasteiger partial charge in [0.05, 0.1) is 11.6 Å². The molecule has 5 aromatic rings. The van der Waals surface area contributed by atoms with E-state index in [1.54, 1.807) is 12.1 Å². The quantitative estimate of drug-likeness (QED) is 0.361. The lowest BCUT2D eigenvalue weighted by atomic mass is 9.87. The van der Waals surface area contributed by atoms with E-state index < -0.39 is 11.8 Å². The third kappa shape index (κ3) is 3.14. The largest absolute Gasteiger partial charge is 0.369 e. The van der Waals surface area contributed by atoms with Crippen LogP contribution in [-0.2, 0) is 4.79 Å². The molecular formula is C26H19ClN2O. The first-order chi connectivity index (χ1) is 14.6. The summed E-state index contributed by atoms with van der Waals surface area (Å²) in [5, 5.41) is 3.92. The minimum atomic E-state index is -0.597. The highest BCUT2D eigenvalue weighted by Crippen LogP contribution is 2.39. The summed E-state index contributed by atoms with van der Waals surface area (Å²) < 4.78 is 0. The van der Waals surface area contributed by atoms with Crippen molar-refractivity contribution in [2.45, 2.75) is 5.92 Å². The van der Waals surface area contributed by atoms with E-state index in [1.165, 1.54) is 5.39 Å². The molecule has 3 N–H and O–H groups in total. The molecule has 1 heterocycles. The van der Waals surface area contributed by atoms with Gasteiger partial charge in [-0.25, -0.2) is 0 Å². The number of nitrogens with one attached hydrogen (secondary N) is 1. The van der Waals surface area contributed by atoms with Crippen LogP contribution in [-0.4, -0.2) is 10.9 Å². The fourth-order valence-electron chi connectivity index (χ4n) is 4.16. The van der Waals surface area contributed by atoms with Crippen LogP contribution in [0, 0.1) is 0 Å². The van der Waals surface area contributed by atoms with Crippen molar-refractivity contribution < 1.29 is 4.79 Å². The number of hydrogen-bond donors (Lipinski definition) is 2. The molecule has 0 saturated carbocycles. The molecule has 0 radical (unpaired) electrons. The lowest BCUT2D eigenvalue weighted by Crippen LogP contribution is -2.22. The second-order valence-corrected chi connectivity index (χ2v) is 7.84. The Morgan fingerprint density at radius 1 is 0.833 bits per heavy atom. The molecule has 5 rings (SSSR count). The molecule has 0 aliphatic carbocycles. The Hall–Kier alpha value is -3.56. The van der Waals surface area contributed by atoms with E-state index >= 15 is 0 Å². The van der Waals surface area contributed by atoms with Crippen LogP contribution < -0.4 is 5.73 Å². The number of carbonyl (C=O) groups excluding carboxylic acids is 1. The van der Waals surface area contributed by atoms with Gasteiger partial charge in [0, 0.05) is 21.5 Å². The zero-order valence-electron chi connectivity index (χ0n) is 16.1. The summed E-state index contributed by atoms with van der Waals surface area (Å²) in [6, 6.07) is 29.9. The zero-order valence-corrected chi connectivity index (χ0v) is 16.9. The van der Waals surface area contributed by atoms with Crippen LogP contribution >= 0.6 is 11.6 Å². The van der Waals surface area contributed by atoms with Gasteiger partial charge >= 0.3 is 0 Å². The number of amides is 1. The van der Waals surface area contributed by atoms with Gasteiger partial charge in [-0.05, 0) is 46.2 Å². The number of aromatic amines is 1. The number of carbonyl (C=O) groups is 1. The second kappa shape index (κ2) is 7.36. The fraction of sp³-hybridized carbons (Fsp3) is 0.0385. The molecule has 1 atom stereocenters. The first-order valence-electron chi connectivity index (χ1n) is 9.76. The molecule has 30 heavy (non-hydrogen) atoms. The molecule has 0 bridgehead atoms. The van der Waals surface area contributed by atoms with Gasteiger partial charge in [-0.15, -0.1) is 0 Å². The van der Waals surface area contributed by atoms with Gasteiger partial charge in [-0.2, -0.15) is 0 Å². The van der Waals surface area contributed by atoms with Crippen LogP contribution in [0.15, 0.2) is 91.0 Å². The molecule has 146 valence electrons. The number of fused-ring (bicyclic) bond motifs is 2. The van der Waals surface area contributed by atoms with Crippen LogP contribution in [0.1, 0.15) is 17.0 Å². The van der Waals surface area contributed by atoms with Crippen molar-refractivity contribution in [1.82, 2.24) is 4.98 Å². The van der Waals surface area contributed by atoms with Gasteiger partial charge in [-0.3, -0.25) is 4.79 Å². The number of halogens is 1. The normalized spacial score (nSPS) is 12.3. The molecule has 3 nitrogen and oxygen atoms in total. The molecule has 4 aromatic carbocycles. The summed E-state index contributed by atoms with van der Waals surface area (Å²) in [6.07, 6.45) is 0. The summed E-state index contributed by atoms with van der Waals surface area (Å²) in [7, 11) is 0. The number of benzene rings is 4. The van der Waals surface area contributed by atoms with Gasteiger partial charge in [0.15, 0.2) is 0 Å².